The molecule has 0 aromatic heterocycles. The van der Waals surface area contributed by atoms with Gasteiger partial charge in [0.2, 0.25) is 0 Å². The molecule has 0 aliphatic heterocycles. The van der Waals surface area contributed by atoms with E-state index in [0.29, 0.717) is 45.9 Å². The van der Waals surface area contributed by atoms with Gasteiger partial charge in [-0.2, -0.15) is 0 Å². The maximum Gasteiger partial charge on any atom is 0.305 e. The molecule has 2 aliphatic carbocycles. The number of carbonyl (C=O) groups is 1. The normalized spacial score (nSPS) is 18.8. The molecular formula is C33H38O6. The van der Waals surface area contributed by atoms with E-state index in [9.17, 15) is 4.79 Å². The molecule has 2 bridgehead atoms. The molecule has 0 spiro atoms. The number of methoxy groups -OCH3 is 2. The highest BCUT2D eigenvalue weighted by atomic mass is 16.5. The fourth-order valence-corrected chi connectivity index (χ4v) is 6.46. The van der Waals surface area contributed by atoms with Gasteiger partial charge in [0.05, 0.1) is 19.8 Å². The highest BCUT2D eigenvalue weighted by Gasteiger charge is 2.48. The third-order valence-corrected chi connectivity index (χ3v) is 8.03. The summed E-state index contributed by atoms with van der Waals surface area (Å²) in [5.74, 6) is 1.56. The van der Waals surface area contributed by atoms with Crippen molar-refractivity contribution >= 4 is 5.97 Å². The van der Waals surface area contributed by atoms with Gasteiger partial charge in [-0.1, -0.05) is 48.5 Å². The molecule has 0 saturated carbocycles. The molecule has 3 aromatic carbocycles. The molecule has 0 fully saturated rings. The van der Waals surface area contributed by atoms with Crippen LogP contribution in [-0.2, 0) is 37.3 Å². The van der Waals surface area contributed by atoms with E-state index in [0.717, 1.165) is 35.5 Å². The Labute approximate surface area is 231 Å². The van der Waals surface area contributed by atoms with Crippen molar-refractivity contribution in [3.8, 4) is 11.5 Å². The number of ether oxygens (including phenoxy) is 5. The molecule has 0 radical (unpaired) electrons. The first-order valence-corrected chi connectivity index (χ1v) is 13.9. The van der Waals surface area contributed by atoms with Crippen molar-refractivity contribution in [2.24, 2.45) is 0 Å². The number of fused-ring (bicyclic) bond motifs is 4. The van der Waals surface area contributed by atoms with Crippen molar-refractivity contribution < 1.29 is 28.5 Å². The average molecular weight is 531 g/mol. The van der Waals surface area contributed by atoms with Crippen LogP contribution >= 0.6 is 0 Å². The number of carbonyl (C=O) groups excluding carboxylic acids is 1. The molecule has 0 heterocycles. The number of esters is 1. The van der Waals surface area contributed by atoms with Gasteiger partial charge in [0.15, 0.2) is 0 Å². The lowest BCUT2D eigenvalue weighted by Gasteiger charge is -2.38. The summed E-state index contributed by atoms with van der Waals surface area (Å²) in [5.41, 5.74) is 6.89. The maximum absolute atomic E-state index is 12.8. The molecule has 6 heteroatoms. The van der Waals surface area contributed by atoms with E-state index < -0.39 is 5.41 Å². The van der Waals surface area contributed by atoms with Crippen LogP contribution in [-0.4, -0.2) is 53.2 Å². The minimum Gasteiger partial charge on any atom is -0.491 e. The van der Waals surface area contributed by atoms with Crippen LogP contribution in [0.3, 0.4) is 0 Å². The summed E-state index contributed by atoms with van der Waals surface area (Å²) in [4.78, 5) is 12.8. The van der Waals surface area contributed by atoms with Gasteiger partial charge in [0, 0.05) is 43.1 Å². The van der Waals surface area contributed by atoms with Gasteiger partial charge in [-0.15, -0.1) is 0 Å². The van der Waals surface area contributed by atoms with Crippen molar-refractivity contribution in [3.05, 3.63) is 94.0 Å². The summed E-state index contributed by atoms with van der Waals surface area (Å²) in [6, 6.07) is 21.5. The lowest BCUT2D eigenvalue weighted by Crippen LogP contribution is -2.33. The topological polar surface area (TPSA) is 63.2 Å². The molecular weight excluding hydrogens is 492 g/mol. The minimum absolute atomic E-state index is 0.0767. The lowest BCUT2D eigenvalue weighted by atomic mass is 9.66. The SMILES string of the molecule is CCOC(=O)CCC12Cc3ccccc3C(Cc3ccccc31)c1c(OCCOC)ccc(OCCOC)c12. The highest BCUT2D eigenvalue weighted by Crippen LogP contribution is 2.57. The van der Waals surface area contributed by atoms with Crippen LogP contribution < -0.4 is 9.47 Å². The van der Waals surface area contributed by atoms with Crippen LogP contribution in [0.5, 0.6) is 11.5 Å². The van der Waals surface area contributed by atoms with Gasteiger partial charge in [0.25, 0.3) is 0 Å². The second kappa shape index (κ2) is 12.2. The molecule has 0 N–H and O–H groups in total. The van der Waals surface area contributed by atoms with Gasteiger partial charge >= 0.3 is 5.97 Å². The van der Waals surface area contributed by atoms with Crippen LogP contribution in [0.25, 0.3) is 0 Å². The predicted octanol–water partition coefficient (Wildman–Crippen LogP) is 5.61. The molecule has 206 valence electrons. The third kappa shape index (κ3) is 5.28. The monoisotopic (exact) mass is 530 g/mol. The van der Waals surface area contributed by atoms with E-state index in [1.807, 2.05) is 19.1 Å². The summed E-state index contributed by atoms with van der Waals surface area (Å²) < 4.78 is 28.9. The van der Waals surface area contributed by atoms with Gasteiger partial charge < -0.3 is 23.7 Å². The third-order valence-electron chi connectivity index (χ3n) is 8.03. The van der Waals surface area contributed by atoms with Crippen LogP contribution in [0.4, 0.5) is 0 Å². The van der Waals surface area contributed by atoms with Crippen LogP contribution in [0.2, 0.25) is 0 Å². The summed E-state index contributed by atoms with van der Waals surface area (Å²) >= 11 is 0. The zero-order valence-corrected chi connectivity index (χ0v) is 23.2. The Morgan fingerprint density at radius 3 is 2.26 bits per heavy atom. The second-order valence-electron chi connectivity index (χ2n) is 10.2. The minimum atomic E-state index is -0.511. The Bertz CT molecular complexity index is 1300. The Morgan fingerprint density at radius 1 is 0.846 bits per heavy atom. The fraction of sp³-hybridized carbons (Fsp3) is 0.424. The number of hydrogen-bond acceptors (Lipinski definition) is 6. The second-order valence-corrected chi connectivity index (χ2v) is 10.2. The average Bonchev–Trinajstić information content (AvgIpc) is 3.15. The van der Waals surface area contributed by atoms with E-state index >= 15 is 0 Å². The first-order chi connectivity index (χ1) is 19.1. The molecule has 2 atom stereocenters. The zero-order valence-electron chi connectivity index (χ0n) is 23.2. The quantitative estimate of drug-likeness (QED) is 0.224. The van der Waals surface area contributed by atoms with E-state index in [1.54, 1.807) is 14.2 Å². The molecule has 39 heavy (non-hydrogen) atoms. The Kier molecular flexibility index (Phi) is 8.53. The van der Waals surface area contributed by atoms with Crippen molar-refractivity contribution in [1.29, 1.82) is 0 Å². The fourth-order valence-electron chi connectivity index (χ4n) is 6.46. The number of rotatable bonds is 12. The van der Waals surface area contributed by atoms with Crippen molar-refractivity contribution in [3.63, 3.8) is 0 Å². The van der Waals surface area contributed by atoms with Gasteiger partial charge in [-0.25, -0.2) is 0 Å². The smallest absolute Gasteiger partial charge is 0.305 e. The van der Waals surface area contributed by atoms with E-state index in [4.69, 9.17) is 23.7 Å². The largest absolute Gasteiger partial charge is 0.491 e. The lowest BCUT2D eigenvalue weighted by molar-refractivity contribution is -0.143. The number of benzene rings is 3. The molecule has 5 rings (SSSR count). The molecule has 0 amide bonds. The molecule has 2 aliphatic rings. The standard InChI is InChI=1S/C33H38O6/c1-4-37-30(34)15-16-33-22-24-10-5-7-11-25(24)26(21-23-9-6-8-12-27(23)33)31-28(38-19-17-35-2)13-14-29(32(31)33)39-20-18-36-3/h5-14,26H,4,15-22H2,1-3H3. The van der Waals surface area contributed by atoms with Crippen LogP contribution in [0.15, 0.2) is 60.7 Å². The first-order valence-electron chi connectivity index (χ1n) is 13.9. The summed E-state index contributed by atoms with van der Waals surface area (Å²) in [5, 5.41) is 0. The summed E-state index contributed by atoms with van der Waals surface area (Å²) in [6.07, 6.45) is 2.49. The van der Waals surface area contributed by atoms with Crippen molar-refractivity contribution in [1.82, 2.24) is 0 Å². The van der Waals surface area contributed by atoms with E-state index in [-0.39, 0.29) is 11.9 Å². The van der Waals surface area contributed by atoms with Crippen LogP contribution in [0, 0.1) is 0 Å². The van der Waals surface area contributed by atoms with Gasteiger partial charge in [0.1, 0.15) is 24.7 Å². The molecule has 2 unspecified atom stereocenters. The van der Waals surface area contributed by atoms with Gasteiger partial charge in [-0.3, -0.25) is 4.79 Å². The van der Waals surface area contributed by atoms with E-state index in [1.165, 1.54) is 22.3 Å². The number of hydrogen-bond donors (Lipinski definition) is 0. The Hall–Kier alpha value is -3.35. The zero-order chi connectivity index (χ0) is 27.2. The predicted molar refractivity (Wildman–Crippen MR) is 150 cm³/mol. The van der Waals surface area contributed by atoms with Crippen molar-refractivity contribution in [2.75, 3.05) is 47.3 Å². The first kappa shape index (κ1) is 27.2. The van der Waals surface area contributed by atoms with Crippen LogP contribution in [0.1, 0.15) is 59.1 Å². The maximum atomic E-state index is 12.8. The van der Waals surface area contributed by atoms with Gasteiger partial charge in [-0.05, 0) is 60.6 Å². The Morgan fingerprint density at radius 2 is 1.51 bits per heavy atom. The molecule has 0 saturated heterocycles. The summed E-state index contributed by atoms with van der Waals surface area (Å²) in [7, 11) is 3.36. The van der Waals surface area contributed by atoms with E-state index in [2.05, 4.69) is 48.5 Å². The van der Waals surface area contributed by atoms with Crippen molar-refractivity contribution in [2.45, 2.75) is 43.9 Å². The Balaban J connectivity index is 1.79. The molecule has 6 nitrogen and oxygen atoms in total. The summed E-state index contributed by atoms with van der Waals surface area (Å²) in [6.45, 7) is 4.08. The highest BCUT2D eigenvalue weighted by molar-refractivity contribution is 5.71. The molecule has 3 aromatic rings.